The topological polar surface area (TPSA) is 65.1 Å². The van der Waals surface area contributed by atoms with Gasteiger partial charge in [-0.25, -0.2) is 0 Å². The second kappa shape index (κ2) is 7.41. The van der Waals surface area contributed by atoms with Gasteiger partial charge in [0.05, 0.1) is 0 Å². The number of hydrogen-bond donors (Lipinski definition) is 3. The van der Waals surface area contributed by atoms with Gasteiger partial charge in [0, 0.05) is 23.5 Å². The van der Waals surface area contributed by atoms with Gasteiger partial charge >= 0.3 is 0 Å². The van der Waals surface area contributed by atoms with Crippen LogP contribution in [0.3, 0.4) is 0 Å². The van der Waals surface area contributed by atoms with Crippen molar-refractivity contribution in [2.75, 3.05) is 5.32 Å². The average Bonchev–Trinajstić information content (AvgIpc) is 2.63. The molecule has 4 nitrogen and oxygen atoms in total. The summed E-state index contributed by atoms with van der Waals surface area (Å²) in [6, 6.07) is 17.3. The smallest absolute Gasteiger partial charge is 0.248 e. The summed E-state index contributed by atoms with van der Waals surface area (Å²) in [5.74, 6) is 0. The Balaban J connectivity index is 1.85. The molecular formula is C23H26N2O2. The molecule has 0 amide bonds. The molecule has 0 aliphatic heterocycles. The van der Waals surface area contributed by atoms with Gasteiger partial charge in [-0.1, -0.05) is 57.2 Å². The number of rotatable bonds is 4. The second-order valence-corrected chi connectivity index (χ2v) is 7.84. The number of anilines is 1. The summed E-state index contributed by atoms with van der Waals surface area (Å²) in [5, 5.41) is 13.8. The lowest BCUT2D eigenvalue weighted by Crippen LogP contribution is -2.13. The molecule has 0 spiro atoms. The van der Waals surface area contributed by atoms with Crippen molar-refractivity contribution in [2.45, 2.75) is 39.3 Å². The lowest BCUT2D eigenvalue weighted by atomic mass is 9.86. The number of hydrogen-bond acceptors (Lipinski definition) is 3. The molecule has 0 aliphatic carbocycles. The van der Waals surface area contributed by atoms with Crippen molar-refractivity contribution in [1.82, 2.24) is 4.98 Å². The lowest BCUT2D eigenvalue weighted by Gasteiger charge is -2.21. The molecule has 4 heteroatoms. The zero-order chi connectivity index (χ0) is 19.6. The molecule has 0 aliphatic rings. The zero-order valence-electron chi connectivity index (χ0n) is 16.2. The molecule has 3 rings (SSSR count). The molecule has 1 aromatic heterocycles. The first-order valence-corrected chi connectivity index (χ1v) is 9.09. The third-order valence-corrected chi connectivity index (χ3v) is 4.80. The van der Waals surface area contributed by atoms with E-state index in [2.05, 4.69) is 43.2 Å². The highest BCUT2D eigenvalue weighted by atomic mass is 16.3. The van der Waals surface area contributed by atoms with Crippen LogP contribution in [0.15, 0.2) is 65.6 Å². The van der Waals surface area contributed by atoms with Crippen molar-refractivity contribution in [3.63, 3.8) is 0 Å². The van der Waals surface area contributed by atoms with Crippen LogP contribution < -0.4 is 10.9 Å². The molecule has 1 atom stereocenters. The lowest BCUT2D eigenvalue weighted by molar-refractivity contribution is 0.208. The predicted octanol–water partition coefficient (Wildman–Crippen LogP) is 4.75. The quantitative estimate of drug-likeness (QED) is 0.587. The van der Waals surface area contributed by atoms with Gasteiger partial charge < -0.3 is 15.4 Å². The minimum atomic E-state index is -0.813. The van der Waals surface area contributed by atoms with Crippen LogP contribution in [0, 0.1) is 6.92 Å². The van der Waals surface area contributed by atoms with Crippen molar-refractivity contribution in [2.24, 2.45) is 0 Å². The van der Waals surface area contributed by atoms with Gasteiger partial charge in [-0.2, -0.15) is 0 Å². The van der Waals surface area contributed by atoms with Gasteiger partial charge in [0.15, 0.2) is 6.23 Å². The maximum atomic E-state index is 11.6. The summed E-state index contributed by atoms with van der Waals surface area (Å²) in [6.45, 7) is 8.48. The molecule has 0 saturated carbocycles. The minimum Gasteiger partial charge on any atom is -0.369 e. The molecule has 27 heavy (non-hydrogen) atoms. The molecular weight excluding hydrogens is 336 g/mol. The van der Waals surface area contributed by atoms with Gasteiger partial charge in [0.25, 0.3) is 0 Å². The van der Waals surface area contributed by atoms with Gasteiger partial charge in [-0.05, 0) is 46.7 Å². The molecule has 2 aromatic carbocycles. The Bertz CT molecular complexity index is 982. The molecule has 140 valence electrons. The van der Waals surface area contributed by atoms with Crippen molar-refractivity contribution in [3.05, 3.63) is 87.8 Å². The maximum Gasteiger partial charge on any atom is 0.248 e. The number of aliphatic hydroxyl groups is 1. The second-order valence-electron chi connectivity index (χ2n) is 7.84. The predicted molar refractivity (Wildman–Crippen MR) is 111 cm³/mol. The number of pyridine rings is 1. The van der Waals surface area contributed by atoms with E-state index in [1.165, 1.54) is 5.56 Å². The first-order chi connectivity index (χ1) is 12.8. The Labute approximate surface area is 159 Å². The van der Waals surface area contributed by atoms with Crippen molar-refractivity contribution >= 4 is 5.69 Å². The number of H-pyrrole nitrogens is 1. The molecule has 0 bridgehead atoms. The SMILES string of the molecule is Cc1c(NC(O)c2ccc(C(C)(C)C)cc2)cccc1-c1cc[nH]c(=O)c1. The fourth-order valence-electron chi connectivity index (χ4n) is 3.11. The molecule has 3 aromatic rings. The summed E-state index contributed by atoms with van der Waals surface area (Å²) in [7, 11) is 0. The number of nitrogens with one attached hydrogen (secondary N) is 2. The van der Waals surface area contributed by atoms with E-state index in [9.17, 15) is 9.90 Å². The Morgan fingerprint density at radius 3 is 2.37 bits per heavy atom. The fraction of sp³-hybridized carbons (Fsp3) is 0.261. The molecule has 0 saturated heterocycles. The van der Waals surface area contributed by atoms with Crippen molar-refractivity contribution < 1.29 is 5.11 Å². The van der Waals surface area contributed by atoms with E-state index in [1.807, 2.05) is 43.3 Å². The summed E-state index contributed by atoms with van der Waals surface area (Å²) in [6.07, 6.45) is 0.829. The van der Waals surface area contributed by atoms with E-state index in [1.54, 1.807) is 12.3 Å². The van der Waals surface area contributed by atoms with Crippen LogP contribution in [0.5, 0.6) is 0 Å². The van der Waals surface area contributed by atoms with Gasteiger partial charge in [0.2, 0.25) is 5.56 Å². The van der Waals surface area contributed by atoms with Crippen LogP contribution in [0.2, 0.25) is 0 Å². The Kier molecular flexibility index (Phi) is 5.19. The molecule has 3 N–H and O–H groups in total. The molecule has 1 unspecified atom stereocenters. The highest BCUT2D eigenvalue weighted by molar-refractivity contribution is 5.73. The van der Waals surface area contributed by atoms with E-state index in [0.717, 1.165) is 27.9 Å². The van der Waals surface area contributed by atoms with Gasteiger partial charge in [-0.15, -0.1) is 0 Å². The Morgan fingerprint density at radius 2 is 1.74 bits per heavy atom. The third-order valence-electron chi connectivity index (χ3n) is 4.80. The minimum absolute atomic E-state index is 0.0787. The Hall–Kier alpha value is -2.85. The summed E-state index contributed by atoms with van der Waals surface area (Å²) >= 11 is 0. The van der Waals surface area contributed by atoms with Crippen LogP contribution in [0.25, 0.3) is 11.1 Å². The average molecular weight is 362 g/mol. The largest absolute Gasteiger partial charge is 0.369 e. The van der Waals surface area contributed by atoms with E-state index in [0.29, 0.717) is 0 Å². The summed E-state index contributed by atoms with van der Waals surface area (Å²) in [5.41, 5.74) is 5.60. The van der Waals surface area contributed by atoms with Crippen LogP contribution in [0.4, 0.5) is 5.69 Å². The zero-order valence-corrected chi connectivity index (χ0v) is 16.2. The molecule has 0 fully saturated rings. The number of aliphatic hydroxyl groups excluding tert-OH is 1. The van der Waals surface area contributed by atoms with Crippen LogP contribution in [0.1, 0.15) is 43.7 Å². The van der Waals surface area contributed by atoms with Gasteiger partial charge in [-0.3, -0.25) is 4.79 Å². The maximum absolute atomic E-state index is 11.6. The van der Waals surface area contributed by atoms with Crippen LogP contribution in [-0.2, 0) is 5.41 Å². The first kappa shape index (κ1) is 18.9. The third kappa shape index (κ3) is 4.29. The Morgan fingerprint density at radius 1 is 1.04 bits per heavy atom. The standard InChI is InChI=1S/C23H26N2O2/c1-15-19(17-12-13-24-21(26)14-17)6-5-7-20(15)25-22(27)16-8-10-18(11-9-16)23(2,3)4/h5-14,22,25,27H,1-4H3,(H,24,26). The highest BCUT2D eigenvalue weighted by Crippen LogP contribution is 2.30. The number of aromatic nitrogens is 1. The number of benzene rings is 2. The van der Waals surface area contributed by atoms with Gasteiger partial charge in [0.1, 0.15) is 0 Å². The number of aromatic amines is 1. The molecule has 1 heterocycles. The highest BCUT2D eigenvalue weighted by Gasteiger charge is 2.15. The summed E-state index contributed by atoms with van der Waals surface area (Å²) in [4.78, 5) is 14.2. The van der Waals surface area contributed by atoms with Crippen LogP contribution in [-0.4, -0.2) is 10.1 Å². The van der Waals surface area contributed by atoms with Crippen LogP contribution >= 0.6 is 0 Å². The van der Waals surface area contributed by atoms with E-state index < -0.39 is 6.23 Å². The first-order valence-electron chi connectivity index (χ1n) is 9.09. The van der Waals surface area contributed by atoms with Crippen molar-refractivity contribution in [3.8, 4) is 11.1 Å². The van der Waals surface area contributed by atoms with E-state index in [-0.39, 0.29) is 11.0 Å². The molecule has 0 radical (unpaired) electrons. The van der Waals surface area contributed by atoms with E-state index >= 15 is 0 Å². The normalized spacial score (nSPS) is 12.6. The summed E-state index contributed by atoms with van der Waals surface area (Å²) < 4.78 is 0. The monoisotopic (exact) mass is 362 g/mol. The van der Waals surface area contributed by atoms with E-state index in [4.69, 9.17) is 0 Å². The fourth-order valence-corrected chi connectivity index (χ4v) is 3.11. The van der Waals surface area contributed by atoms with Crippen molar-refractivity contribution in [1.29, 1.82) is 0 Å².